The maximum Gasteiger partial charge on any atom is 0.347 e. The lowest BCUT2D eigenvalue weighted by molar-refractivity contribution is -0.145. The minimum Gasteiger partial charge on any atom is -0.479 e. The van der Waals surface area contributed by atoms with Crippen LogP contribution >= 0.6 is 7.60 Å². The van der Waals surface area contributed by atoms with Gasteiger partial charge in [0.25, 0.3) is 0 Å². The van der Waals surface area contributed by atoms with Crippen molar-refractivity contribution in [2.24, 2.45) is 5.73 Å². The number of aryl methyl sites for hydroxylation is 1. The topological polar surface area (TPSA) is 139 Å². The summed E-state index contributed by atoms with van der Waals surface area (Å²) in [5, 5.41) is 11.4. The Kier molecular flexibility index (Phi) is 9.37. The van der Waals surface area contributed by atoms with Crippen LogP contribution < -0.4 is 11.1 Å². The zero-order valence-corrected chi connectivity index (χ0v) is 14.9. The molecule has 0 bridgehead atoms. The average molecular weight is 374 g/mol. The molecule has 5 N–H and O–H groups in total. The van der Waals surface area contributed by atoms with Crippen LogP contribution in [0.5, 0.6) is 0 Å². The van der Waals surface area contributed by atoms with E-state index >= 15 is 0 Å². The summed E-state index contributed by atoms with van der Waals surface area (Å²) in [4.78, 5) is 32.6. The summed E-state index contributed by atoms with van der Waals surface area (Å²) in [6.45, 7) is 0.403. The van der Waals surface area contributed by atoms with Crippen molar-refractivity contribution in [1.29, 1.82) is 0 Å². The zero-order chi connectivity index (χ0) is 18.7. The van der Waals surface area contributed by atoms with Gasteiger partial charge in [-0.05, 0) is 37.8 Å². The van der Waals surface area contributed by atoms with Gasteiger partial charge in [-0.2, -0.15) is 0 Å². The molecule has 9 heteroatoms. The summed E-state index contributed by atoms with van der Waals surface area (Å²) in [6.07, 6.45) is -0.220. The molecule has 0 spiro atoms. The fourth-order valence-electron chi connectivity index (χ4n) is 2.11. The van der Waals surface area contributed by atoms with Crippen molar-refractivity contribution < 1.29 is 30.1 Å². The first-order valence-electron chi connectivity index (χ1n) is 8.08. The van der Waals surface area contributed by atoms with E-state index in [-0.39, 0.29) is 14.3 Å². The number of nitrogens with one attached hydrogen (secondary N) is 1. The molecule has 2 atom stereocenters. The van der Waals surface area contributed by atoms with Crippen LogP contribution in [-0.2, 0) is 25.1 Å². The van der Waals surface area contributed by atoms with Gasteiger partial charge in [-0.3, -0.25) is 13.9 Å². The van der Waals surface area contributed by atoms with E-state index in [0.29, 0.717) is 25.8 Å². The highest BCUT2D eigenvalue weighted by Gasteiger charge is 2.29. The van der Waals surface area contributed by atoms with E-state index in [0.717, 1.165) is 5.56 Å². The Bertz CT molecular complexity index is 602. The van der Waals surface area contributed by atoms with Crippen LogP contribution in [0.25, 0.3) is 0 Å². The summed E-state index contributed by atoms with van der Waals surface area (Å²) in [5.74, 6) is -1.72. The Labute approximate surface area is 148 Å². The third-order valence-electron chi connectivity index (χ3n) is 3.45. The summed E-state index contributed by atoms with van der Waals surface area (Å²) < 4.78 is 16.8. The normalized spacial score (nSPS) is 14.5. The molecule has 8 nitrogen and oxygen atoms in total. The number of carbonyl (C=O) groups is 2. The number of carboxylic acids is 1. The number of amides is 1. The highest BCUT2D eigenvalue weighted by molar-refractivity contribution is 7.52. The molecule has 0 aliphatic rings. The largest absolute Gasteiger partial charge is 0.479 e. The molecule has 2 unspecified atom stereocenters. The monoisotopic (exact) mass is 374 g/mol. The van der Waals surface area contributed by atoms with Crippen LogP contribution in [0.4, 0.5) is 0 Å². The SMILES string of the molecule is NCCCCC(OP(=O)(O)CNC(=O)CCc1ccccc1)C(=O)O.[HH]. The highest BCUT2D eigenvalue weighted by Crippen LogP contribution is 2.42. The minimum atomic E-state index is -4.24. The van der Waals surface area contributed by atoms with Crippen LogP contribution in [0.1, 0.15) is 32.7 Å². The second kappa shape index (κ2) is 11.0. The van der Waals surface area contributed by atoms with Gasteiger partial charge in [0.1, 0.15) is 6.29 Å². The molecule has 0 saturated carbocycles. The number of benzene rings is 1. The van der Waals surface area contributed by atoms with Crippen LogP contribution in [0.2, 0.25) is 0 Å². The number of hydrogen-bond donors (Lipinski definition) is 4. The molecule has 0 heterocycles. The number of aliphatic carboxylic acids is 1. The predicted octanol–water partition coefficient (Wildman–Crippen LogP) is 1.72. The van der Waals surface area contributed by atoms with Gasteiger partial charge < -0.3 is 21.1 Å². The number of nitrogens with two attached hydrogens (primary N) is 1. The standard InChI is InChI=1S/C16H25N2O6P.H2/c17-11-5-4-8-14(16(20)21)24-25(22,23)12-18-15(19)10-9-13-6-2-1-3-7-13;/h1-3,6-7,14H,4-5,8-12,17H2,(H,18,19)(H,20,21)(H,22,23);1H. The summed E-state index contributed by atoms with van der Waals surface area (Å²) >= 11 is 0. The molecule has 0 aromatic heterocycles. The maximum atomic E-state index is 12.0. The molecule has 0 aliphatic carbocycles. The van der Waals surface area contributed by atoms with Gasteiger partial charge in [-0.1, -0.05) is 30.3 Å². The predicted molar refractivity (Wildman–Crippen MR) is 95.1 cm³/mol. The lowest BCUT2D eigenvalue weighted by Gasteiger charge is -2.18. The molecule has 25 heavy (non-hydrogen) atoms. The van der Waals surface area contributed by atoms with E-state index in [2.05, 4.69) is 5.32 Å². The fourth-order valence-corrected chi connectivity index (χ4v) is 3.15. The average Bonchev–Trinajstić information content (AvgIpc) is 2.58. The number of unbranched alkanes of at least 4 members (excludes halogenated alkanes) is 1. The van der Waals surface area contributed by atoms with Gasteiger partial charge in [-0.25, -0.2) is 4.79 Å². The summed E-state index contributed by atoms with van der Waals surface area (Å²) in [6, 6.07) is 9.35. The van der Waals surface area contributed by atoms with Gasteiger partial charge in [0.05, 0.1) is 0 Å². The third kappa shape index (κ3) is 9.36. The van der Waals surface area contributed by atoms with Crippen molar-refractivity contribution in [3.05, 3.63) is 35.9 Å². The molecule has 142 valence electrons. The van der Waals surface area contributed by atoms with Gasteiger partial charge in [-0.15, -0.1) is 0 Å². The van der Waals surface area contributed by atoms with Gasteiger partial charge in [0.15, 0.2) is 6.10 Å². The van der Waals surface area contributed by atoms with Crippen molar-refractivity contribution in [3.63, 3.8) is 0 Å². The molecular weight excluding hydrogens is 347 g/mol. The Morgan fingerprint density at radius 3 is 2.56 bits per heavy atom. The Morgan fingerprint density at radius 1 is 1.28 bits per heavy atom. The molecule has 0 saturated heterocycles. The van der Waals surface area contributed by atoms with Crippen molar-refractivity contribution >= 4 is 19.5 Å². The molecule has 0 radical (unpaired) electrons. The van der Waals surface area contributed by atoms with E-state index in [1.165, 1.54) is 0 Å². The number of hydrogen-bond acceptors (Lipinski definition) is 5. The molecule has 1 rings (SSSR count). The molecule has 1 amide bonds. The molecule has 0 fully saturated rings. The first-order chi connectivity index (χ1) is 11.8. The lowest BCUT2D eigenvalue weighted by Crippen LogP contribution is -2.28. The quantitative estimate of drug-likeness (QED) is 0.323. The Morgan fingerprint density at radius 2 is 1.96 bits per heavy atom. The van der Waals surface area contributed by atoms with E-state index in [1.807, 2.05) is 30.3 Å². The van der Waals surface area contributed by atoms with E-state index < -0.39 is 31.9 Å². The Hall–Kier alpha value is -1.73. The number of rotatable bonds is 12. The first kappa shape index (κ1) is 21.3. The number of carboxylic acid groups (broad SMARTS) is 1. The fraction of sp³-hybridized carbons (Fsp3) is 0.500. The molecular formula is C16H27N2O6P. The van der Waals surface area contributed by atoms with Crippen molar-refractivity contribution in [3.8, 4) is 0 Å². The first-order valence-corrected chi connectivity index (χ1v) is 9.84. The highest BCUT2D eigenvalue weighted by atomic mass is 31.2. The zero-order valence-electron chi connectivity index (χ0n) is 14.0. The summed E-state index contributed by atoms with van der Waals surface area (Å²) in [7, 11) is -4.24. The van der Waals surface area contributed by atoms with Gasteiger partial charge in [0, 0.05) is 7.85 Å². The van der Waals surface area contributed by atoms with E-state index in [1.54, 1.807) is 0 Å². The smallest absolute Gasteiger partial charge is 0.347 e. The molecule has 1 aromatic carbocycles. The summed E-state index contributed by atoms with van der Waals surface area (Å²) in [5.41, 5.74) is 6.31. The Balaban J connectivity index is 0.00000625. The van der Waals surface area contributed by atoms with Crippen molar-refractivity contribution in [1.82, 2.24) is 5.32 Å². The van der Waals surface area contributed by atoms with Crippen LogP contribution in [-0.4, -0.2) is 40.8 Å². The van der Waals surface area contributed by atoms with Crippen molar-refractivity contribution in [2.45, 2.75) is 38.2 Å². The molecule has 1 aromatic rings. The van der Waals surface area contributed by atoms with Crippen LogP contribution in [0.3, 0.4) is 0 Å². The van der Waals surface area contributed by atoms with Gasteiger partial charge >= 0.3 is 13.6 Å². The minimum absolute atomic E-state index is 0. The van der Waals surface area contributed by atoms with E-state index in [9.17, 15) is 19.0 Å². The lowest BCUT2D eigenvalue weighted by atomic mass is 10.1. The van der Waals surface area contributed by atoms with Crippen LogP contribution in [0.15, 0.2) is 30.3 Å². The second-order valence-corrected chi connectivity index (χ2v) is 7.40. The third-order valence-corrected chi connectivity index (χ3v) is 4.59. The van der Waals surface area contributed by atoms with Crippen molar-refractivity contribution in [2.75, 3.05) is 12.8 Å². The van der Waals surface area contributed by atoms with Crippen LogP contribution in [0, 0.1) is 0 Å². The van der Waals surface area contributed by atoms with E-state index in [4.69, 9.17) is 15.4 Å². The molecule has 0 aliphatic heterocycles. The maximum absolute atomic E-state index is 12.0. The number of carbonyl (C=O) groups excluding carboxylic acids is 1. The second-order valence-electron chi connectivity index (χ2n) is 5.60. The van der Waals surface area contributed by atoms with Gasteiger partial charge in [0.2, 0.25) is 5.91 Å².